The van der Waals surface area contributed by atoms with Gasteiger partial charge in [0, 0.05) is 6.42 Å². The average Bonchev–Trinajstić information content (AvgIpc) is 2.76. The van der Waals surface area contributed by atoms with Crippen molar-refractivity contribution in [2.45, 2.75) is 44.9 Å². The molecule has 1 saturated carbocycles. The molecule has 0 aromatic carbocycles. The number of rotatable bonds is 4. The van der Waals surface area contributed by atoms with Gasteiger partial charge in [-0.3, -0.25) is 4.79 Å². The fourth-order valence-corrected chi connectivity index (χ4v) is 2.96. The normalized spacial score (nSPS) is 29.1. The average molecular weight is 220 g/mol. The van der Waals surface area contributed by atoms with Crippen LogP contribution in [0.4, 0.5) is 0 Å². The first-order chi connectivity index (χ1) is 7.75. The zero-order valence-corrected chi connectivity index (χ0v) is 9.69. The van der Waals surface area contributed by atoms with Crippen molar-refractivity contribution in [2.75, 3.05) is 0 Å². The zero-order valence-electron chi connectivity index (χ0n) is 9.69. The van der Waals surface area contributed by atoms with Gasteiger partial charge in [-0.15, -0.1) is 0 Å². The molecule has 2 atom stereocenters. The molecule has 88 valence electrons. The van der Waals surface area contributed by atoms with E-state index in [2.05, 4.69) is 18.2 Å². The molecule has 2 heteroatoms. The lowest BCUT2D eigenvalue weighted by molar-refractivity contribution is -0.137. The van der Waals surface area contributed by atoms with Gasteiger partial charge in [0.05, 0.1) is 0 Å². The minimum Gasteiger partial charge on any atom is -0.481 e. The Morgan fingerprint density at radius 2 is 2.31 bits per heavy atom. The van der Waals surface area contributed by atoms with E-state index in [1.807, 2.05) is 0 Å². The summed E-state index contributed by atoms with van der Waals surface area (Å²) in [5.74, 6) is 0.736. The summed E-state index contributed by atoms with van der Waals surface area (Å²) >= 11 is 0. The molecule has 0 bridgehead atoms. The van der Waals surface area contributed by atoms with Gasteiger partial charge in [0.15, 0.2) is 0 Å². The van der Waals surface area contributed by atoms with E-state index in [4.69, 9.17) is 5.11 Å². The highest BCUT2D eigenvalue weighted by Gasteiger charge is 2.27. The van der Waals surface area contributed by atoms with E-state index in [1.165, 1.54) is 32.1 Å². The second-order valence-electron chi connectivity index (χ2n) is 5.02. The molecular weight excluding hydrogens is 200 g/mol. The SMILES string of the molecule is O=C(O)CCC1CCC(C2=CC=CCC2)C1. The molecule has 2 aliphatic carbocycles. The predicted molar refractivity (Wildman–Crippen MR) is 64.2 cm³/mol. The van der Waals surface area contributed by atoms with Gasteiger partial charge in [0.1, 0.15) is 0 Å². The van der Waals surface area contributed by atoms with E-state index in [1.54, 1.807) is 5.57 Å². The van der Waals surface area contributed by atoms with Crippen LogP contribution in [0.2, 0.25) is 0 Å². The molecule has 2 aliphatic rings. The highest BCUT2D eigenvalue weighted by molar-refractivity contribution is 5.66. The smallest absolute Gasteiger partial charge is 0.303 e. The number of aliphatic carboxylic acids is 1. The maximum Gasteiger partial charge on any atom is 0.303 e. The molecule has 2 unspecified atom stereocenters. The first-order valence-electron chi connectivity index (χ1n) is 6.33. The van der Waals surface area contributed by atoms with Gasteiger partial charge in [-0.05, 0) is 50.4 Å². The number of carboxylic acids is 1. The van der Waals surface area contributed by atoms with Crippen molar-refractivity contribution < 1.29 is 9.90 Å². The maximum atomic E-state index is 10.5. The highest BCUT2D eigenvalue weighted by Crippen LogP contribution is 2.39. The molecule has 0 heterocycles. The summed E-state index contributed by atoms with van der Waals surface area (Å²) in [6, 6.07) is 0. The van der Waals surface area contributed by atoms with Gasteiger partial charge in [-0.1, -0.05) is 23.8 Å². The van der Waals surface area contributed by atoms with Crippen molar-refractivity contribution in [2.24, 2.45) is 11.8 Å². The first kappa shape index (κ1) is 11.4. The van der Waals surface area contributed by atoms with Gasteiger partial charge < -0.3 is 5.11 Å². The lowest BCUT2D eigenvalue weighted by Gasteiger charge is -2.16. The highest BCUT2D eigenvalue weighted by atomic mass is 16.4. The summed E-state index contributed by atoms with van der Waals surface area (Å²) < 4.78 is 0. The van der Waals surface area contributed by atoms with Crippen LogP contribution in [0.15, 0.2) is 23.8 Å². The fourth-order valence-electron chi connectivity index (χ4n) is 2.96. The zero-order chi connectivity index (χ0) is 11.4. The molecule has 0 spiro atoms. The van der Waals surface area contributed by atoms with Crippen LogP contribution in [0, 0.1) is 11.8 Å². The van der Waals surface area contributed by atoms with E-state index >= 15 is 0 Å². The van der Waals surface area contributed by atoms with Crippen LogP contribution in [0.25, 0.3) is 0 Å². The Balaban J connectivity index is 1.81. The molecule has 0 aromatic heterocycles. The number of hydrogen-bond acceptors (Lipinski definition) is 1. The molecule has 2 rings (SSSR count). The number of carbonyl (C=O) groups is 1. The van der Waals surface area contributed by atoms with Crippen LogP contribution >= 0.6 is 0 Å². The Morgan fingerprint density at radius 3 is 3.00 bits per heavy atom. The van der Waals surface area contributed by atoms with Crippen molar-refractivity contribution in [3.05, 3.63) is 23.8 Å². The summed E-state index contributed by atoms with van der Waals surface area (Å²) in [6.45, 7) is 0. The van der Waals surface area contributed by atoms with Crippen LogP contribution in [0.1, 0.15) is 44.9 Å². The van der Waals surface area contributed by atoms with Crippen LogP contribution in [-0.2, 0) is 4.79 Å². The van der Waals surface area contributed by atoms with Crippen molar-refractivity contribution in [3.63, 3.8) is 0 Å². The monoisotopic (exact) mass is 220 g/mol. The maximum absolute atomic E-state index is 10.5. The van der Waals surface area contributed by atoms with Crippen LogP contribution < -0.4 is 0 Å². The number of hydrogen-bond donors (Lipinski definition) is 1. The molecule has 0 aromatic rings. The second-order valence-corrected chi connectivity index (χ2v) is 5.02. The third kappa shape index (κ3) is 2.97. The molecule has 16 heavy (non-hydrogen) atoms. The Kier molecular flexibility index (Phi) is 3.81. The van der Waals surface area contributed by atoms with Gasteiger partial charge in [-0.2, -0.15) is 0 Å². The van der Waals surface area contributed by atoms with E-state index in [0.29, 0.717) is 12.3 Å². The number of allylic oxidation sites excluding steroid dienone is 4. The Hall–Kier alpha value is -1.05. The Labute approximate surface area is 97.0 Å². The van der Waals surface area contributed by atoms with E-state index in [9.17, 15) is 4.79 Å². The third-order valence-corrected chi connectivity index (χ3v) is 3.88. The Bertz CT molecular complexity index is 315. The molecule has 0 radical (unpaired) electrons. The standard InChI is InChI=1S/C14H20O2/c15-14(16)9-7-11-6-8-13(10-11)12-4-2-1-3-5-12/h1-2,4,11,13H,3,5-10H2,(H,15,16). The van der Waals surface area contributed by atoms with E-state index in [0.717, 1.165) is 12.3 Å². The topological polar surface area (TPSA) is 37.3 Å². The molecular formula is C14H20O2. The van der Waals surface area contributed by atoms with Crippen molar-refractivity contribution in [3.8, 4) is 0 Å². The van der Waals surface area contributed by atoms with Crippen molar-refractivity contribution >= 4 is 5.97 Å². The lowest BCUT2D eigenvalue weighted by Crippen LogP contribution is -2.04. The number of carboxylic acid groups (broad SMARTS) is 1. The fraction of sp³-hybridized carbons (Fsp3) is 0.643. The van der Waals surface area contributed by atoms with Crippen molar-refractivity contribution in [1.29, 1.82) is 0 Å². The molecule has 0 amide bonds. The van der Waals surface area contributed by atoms with E-state index in [-0.39, 0.29) is 0 Å². The minimum atomic E-state index is -0.650. The Morgan fingerprint density at radius 1 is 1.44 bits per heavy atom. The van der Waals surface area contributed by atoms with Crippen molar-refractivity contribution in [1.82, 2.24) is 0 Å². The first-order valence-corrected chi connectivity index (χ1v) is 6.33. The molecule has 2 nitrogen and oxygen atoms in total. The van der Waals surface area contributed by atoms with Gasteiger partial charge in [0.2, 0.25) is 0 Å². The summed E-state index contributed by atoms with van der Waals surface area (Å²) in [4.78, 5) is 10.5. The minimum absolute atomic E-state index is 0.344. The van der Waals surface area contributed by atoms with E-state index < -0.39 is 5.97 Å². The quantitative estimate of drug-likeness (QED) is 0.786. The molecule has 1 N–H and O–H groups in total. The van der Waals surface area contributed by atoms with Crippen LogP contribution in [-0.4, -0.2) is 11.1 Å². The lowest BCUT2D eigenvalue weighted by atomic mass is 9.89. The van der Waals surface area contributed by atoms with Crippen LogP contribution in [0.3, 0.4) is 0 Å². The summed E-state index contributed by atoms with van der Waals surface area (Å²) in [5, 5.41) is 8.67. The van der Waals surface area contributed by atoms with Crippen LogP contribution in [0.5, 0.6) is 0 Å². The van der Waals surface area contributed by atoms with Gasteiger partial charge >= 0.3 is 5.97 Å². The molecule has 1 fully saturated rings. The third-order valence-electron chi connectivity index (χ3n) is 3.88. The molecule has 0 aliphatic heterocycles. The summed E-state index contributed by atoms with van der Waals surface area (Å²) in [6.07, 6.45) is 14.0. The second kappa shape index (κ2) is 5.33. The summed E-state index contributed by atoms with van der Waals surface area (Å²) in [7, 11) is 0. The predicted octanol–water partition coefficient (Wildman–Crippen LogP) is 3.54. The molecule has 0 saturated heterocycles. The largest absolute Gasteiger partial charge is 0.481 e. The van der Waals surface area contributed by atoms with Gasteiger partial charge in [-0.25, -0.2) is 0 Å². The van der Waals surface area contributed by atoms with Gasteiger partial charge in [0.25, 0.3) is 0 Å². The summed E-state index contributed by atoms with van der Waals surface area (Å²) in [5.41, 5.74) is 1.60.